The maximum Gasteiger partial charge on any atom is 0.416 e. The molecule has 0 fully saturated rings. The lowest BCUT2D eigenvalue weighted by molar-refractivity contribution is -0.138. The lowest BCUT2D eigenvalue weighted by Gasteiger charge is -2.22. The first-order chi connectivity index (χ1) is 11.3. The zero-order chi connectivity index (χ0) is 17.7. The number of carbonyl (C=O) groups is 1. The molecule has 2 aromatic rings. The number of hydrogen-bond acceptors (Lipinski definition) is 3. The Bertz CT molecular complexity index is 709. The monoisotopic (exact) mass is 335 g/mol. The van der Waals surface area contributed by atoms with Gasteiger partial charge in [0.25, 0.3) is 0 Å². The number of benzene rings is 2. The van der Waals surface area contributed by atoms with Crippen LogP contribution in [-0.4, -0.2) is 13.1 Å². The topological polar surface area (TPSA) is 38.3 Å². The predicted molar refractivity (Wildman–Crippen MR) is 85.4 cm³/mol. The van der Waals surface area contributed by atoms with Crippen LogP contribution in [0.15, 0.2) is 66.7 Å². The van der Waals surface area contributed by atoms with Gasteiger partial charge in [0.15, 0.2) is 0 Å². The summed E-state index contributed by atoms with van der Waals surface area (Å²) in [7, 11) is 1.22. The van der Waals surface area contributed by atoms with Gasteiger partial charge in [-0.15, -0.1) is 0 Å². The highest BCUT2D eigenvalue weighted by Crippen LogP contribution is 2.32. The third kappa shape index (κ3) is 4.16. The van der Waals surface area contributed by atoms with E-state index >= 15 is 0 Å². The Morgan fingerprint density at radius 1 is 1.08 bits per heavy atom. The van der Waals surface area contributed by atoms with Crippen LogP contribution in [0, 0.1) is 0 Å². The number of alkyl halides is 3. The molecule has 0 aliphatic heterocycles. The van der Waals surface area contributed by atoms with Crippen LogP contribution in [0.2, 0.25) is 0 Å². The molecule has 2 aromatic carbocycles. The van der Waals surface area contributed by atoms with Crippen molar-refractivity contribution in [3.8, 4) is 0 Å². The summed E-state index contributed by atoms with van der Waals surface area (Å²) in [5.41, 5.74) is 0.518. The number of carbonyl (C=O) groups excluding carboxylic acids is 1. The van der Waals surface area contributed by atoms with Crippen molar-refractivity contribution in [3.63, 3.8) is 0 Å². The maximum atomic E-state index is 12.7. The molecule has 0 spiro atoms. The van der Waals surface area contributed by atoms with E-state index in [0.29, 0.717) is 11.3 Å². The van der Waals surface area contributed by atoms with E-state index in [4.69, 9.17) is 0 Å². The van der Waals surface area contributed by atoms with E-state index in [9.17, 15) is 18.0 Å². The minimum absolute atomic E-state index is 0.0983. The molecule has 0 aliphatic rings. The van der Waals surface area contributed by atoms with Gasteiger partial charge in [0.1, 0.15) is 0 Å². The van der Waals surface area contributed by atoms with Crippen molar-refractivity contribution < 1.29 is 22.7 Å². The largest absolute Gasteiger partial charge is 0.466 e. The molecular formula is C18H16F3NO2. The Balaban J connectivity index is 2.35. The molecule has 3 nitrogen and oxygen atoms in total. The first kappa shape index (κ1) is 17.6. The standard InChI is InChI=1S/C18H16F3NO2/c1-12(17(23)24-2)16(22-15-6-4-3-5-7-15)13-8-10-14(11-9-13)18(19,20)21/h3-11,16,22H,1H2,2H3/t16-/m0/s1. The van der Waals surface area contributed by atoms with E-state index < -0.39 is 23.8 Å². The Kier molecular flexibility index (Phi) is 5.28. The molecule has 0 saturated carbocycles. The van der Waals surface area contributed by atoms with Crippen molar-refractivity contribution in [1.29, 1.82) is 0 Å². The fourth-order valence-corrected chi connectivity index (χ4v) is 2.19. The molecule has 0 bridgehead atoms. The van der Waals surface area contributed by atoms with Crippen molar-refractivity contribution in [1.82, 2.24) is 0 Å². The first-order valence-electron chi connectivity index (χ1n) is 7.09. The predicted octanol–water partition coefficient (Wildman–Crippen LogP) is 4.59. The number of anilines is 1. The molecule has 1 N–H and O–H groups in total. The number of para-hydroxylation sites is 1. The van der Waals surface area contributed by atoms with E-state index in [1.165, 1.54) is 19.2 Å². The minimum Gasteiger partial charge on any atom is -0.466 e. The van der Waals surface area contributed by atoms with Crippen molar-refractivity contribution in [3.05, 3.63) is 77.9 Å². The number of ether oxygens (including phenoxy) is 1. The van der Waals surface area contributed by atoms with E-state index in [1.54, 1.807) is 24.3 Å². The van der Waals surface area contributed by atoms with Crippen LogP contribution in [0.1, 0.15) is 17.2 Å². The summed E-state index contributed by atoms with van der Waals surface area (Å²) in [6.45, 7) is 3.71. The van der Waals surface area contributed by atoms with Gasteiger partial charge in [-0.1, -0.05) is 36.9 Å². The summed E-state index contributed by atoms with van der Waals surface area (Å²) in [4.78, 5) is 11.8. The zero-order valence-electron chi connectivity index (χ0n) is 12.9. The van der Waals surface area contributed by atoms with Gasteiger partial charge >= 0.3 is 12.1 Å². The summed E-state index contributed by atoms with van der Waals surface area (Å²) in [6, 6.07) is 12.9. The lowest BCUT2D eigenvalue weighted by Crippen LogP contribution is -2.19. The number of esters is 1. The first-order valence-corrected chi connectivity index (χ1v) is 7.09. The SMILES string of the molecule is C=C(C(=O)OC)[C@H](Nc1ccccc1)c1ccc(C(F)(F)F)cc1. The van der Waals surface area contributed by atoms with E-state index in [-0.39, 0.29) is 5.57 Å². The molecule has 6 heteroatoms. The number of nitrogens with one attached hydrogen (secondary N) is 1. The van der Waals surface area contributed by atoms with Crippen LogP contribution in [0.3, 0.4) is 0 Å². The fourth-order valence-electron chi connectivity index (χ4n) is 2.19. The summed E-state index contributed by atoms with van der Waals surface area (Å²) in [5, 5.41) is 3.09. The molecule has 0 aliphatic carbocycles. The molecule has 0 radical (unpaired) electrons. The number of methoxy groups -OCH3 is 1. The third-order valence-electron chi connectivity index (χ3n) is 3.45. The molecule has 0 amide bonds. The highest BCUT2D eigenvalue weighted by Gasteiger charge is 2.30. The third-order valence-corrected chi connectivity index (χ3v) is 3.45. The van der Waals surface area contributed by atoms with Crippen LogP contribution in [0.4, 0.5) is 18.9 Å². The van der Waals surface area contributed by atoms with Crippen molar-refractivity contribution >= 4 is 11.7 Å². The van der Waals surface area contributed by atoms with E-state index in [2.05, 4.69) is 16.6 Å². The Morgan fingerprint density at radius 3 is 2.17 bits per heavy atom. The van der Waals surface area contributed by atoms with Crippen molar-refractivity contribution in [2.45, 2.75) is 12.2 Å². The van der Waals surface area contributed by atoms with Gasteiger partial charge in [-0.25, -0.2) is 4.79 Å². The highest BCUT2D eigenvalue weighted by molar-refractivity contribution is 5.90. The Morgan fingerprint density at radius 2 is 1.67 bits per heavy atom. The fraction of sp³-hybridized carbons (Fsp3) is 0.167. The maximum absolute atomic E-state index is 12.7. The van der Waals surface area contributed by atoms with E-state index in [0.717, 1.165) is 12.1 Å². The van der Waals surface area contributed by atoms with Gasteiger partial charge in [0.2, 0.25) is 0 Å². The molecule has 2 rings (SSSR count). The number of halogens is 3. The molecule has 0 saturated heterocycles. The van der Waals surface area contributed by atoms with Gasteiger partial charge in [-0.05, 0) is 29.8 Å². The van der Waals surface area contributed by atoms with Gasteiger partial charge < -0.3 is 10.1 Å². The quantitative estimate of drug-likeness (QED) is 0.642. The van der Waals surface area contributed by atoms with Crippen LogP contribution >= 0.6 is 0 Å². The molecule has 126 valence electrons. The summed E-state index contributed by atoms with van der Waals surface area (Å²) in [6.07, 6.45) is -4.42. The molecule has 0 heterocycles. The Hall–Kier alpha value is -2.76. The van der Waals surface area contributed by atoms with Crippen molar-refractivity contribution in [2.24, 2.45) is 0 Å². The molecular weight excluding hydrogens is 319 g/mol. The van der Waals surface area contributed by atoms with E-state index in [1.807, 2.05) is 6.07 Å². The molecule has 1 atom stereocenters. The second-order valence-corrected chi connectivity index (χ2v) is 5.08. The van der Waals surface area contributed by atoms with Gasteiger partial charge in [-0.3, -0.25) is 0 Å². The number of rotatable bonds is 5. The highest BCUT2D eigenvalue weighted by atomic mass is 19.4. The summed E-state index contributed by atoms with van der Waals surface area (Å²) < 4.78 is 42.8. The van der Waals surface area contributed by atoms with Gasteiger partial charge in [0.05, 0.1) is 24.3 Å². The van der Waals surface area contributed by atoms with Crippen LogP contribution in [0.5, 0.6) is 0 Å². The van der Waals surface area contributed by atoms with Crippen LogP contribution in [-0.2, 0) is 15.7 Å². The average Bonchev–Trinajstić information content (AvgIpc) is 2.58. The van der Waals surface area contributed by atoms with Crippen LogP contribution < -0.4 is 5.32 Å². The normalized spacial score (nSPS) is 12.3. The summed E-state index contributed by atoms with van der Waals surface area (Å²) in [5.74, 6) is -0.636. The zero-order valence-corrected chi connectivity index (χ0v) is 12.9. The Labute approximate surface area is 137 Å². The number of hydrogen-bond donors (Lipinski definition) is 1. The molecule has 0 aromatic heterocycles. The van der Waals surface area contributed by atoms with Crippen LogP contribution in [0.25, 0.3) is 0 Å². The van der Waals surface area contributed by atoms with Gasteiger partial charge in [0, 0.05) is 5.69 Å². The minimum atomic E-state index is -4.42. The summed E-state index contributed by atoms with van der Waals surface area (Å²) >= 11 is 0. The second kappa shape index (κ2) is 7.21. The smallest absolute Gasteiger partial charge is 0.416 e. The van der Waals surface area contributed by atoms with Crippen molar-refractivity contribution in [2.75, 3.05) is 12.4 Å². The average molecular weight is 335 g/mol. The molecule has 24 heavy (non-hydrogen) atoms. The van der Waals surface area contributed by atoms with Gasteiger partial charge in [-0.2, -0.15) is 13.2 Å². The second-order valence-electron chi connectivity index (χ2n) is 5.08. The molecule has 0 unspecified atom stereocenters. The lowest BCUT2D eigenvalue weighted by atomic mass is 9.98.